The lowest BCUT2D eigenvalue weighted by Gasteiger charge is -2.23. The van der Waals surface area contributed by atoms with Crippen molar-refractivity contribution < 1.29 is 0 Å². The van der Waals surface area contributed by atoms with Gasteiger partial charge in [0.1, 0.15) is 0 Å². The zero-order chi connectivity index (χ0) is 12.8. The fourth-order valence-corrected chi connectivity index (χ4v) is 4.93. The molecule has 0 radical (unpaired) electrons. The Balaban J connectivity index is 1.94. The molecule has 0 aromatic carbocycles. The van der Waals surface area contributed by atoms with Gasteiger partial charge < -0.3 is 5.32 Å². The van der Waals surface area contributed by atoms with Crippen LogP contribution in [-0.2, 0) is 12.8 Å². The van der Waals surface area contributed by atoms with Gasteiger partial charge in [-0.1, -0.05) is 13.8 Å². The molecule has 1 fully saturated rings. The Bertz CT molecular complexity index is 342. The minimum Gasteiger partial charge on any atom is -0.313 e. The normalized spacial score (nSPS) is 21.3. The van der Waals surface area contributed by atoms with Gasteiger partial charge in [-0.25, -0.2) is 0 Å². The predicted octanol–water partition coefficient (Wildman–Crippen LogP) is 4.12. The molecule has 0 bridgehead atoms. The Kier molecular flexibility index (Phi) is 6.06. The molecule has 1 aliphatic heterocycles. The maximum atomic E-state index is 3.77. The summed E-state index contributed by atoms with van der Waals surface area (Å²) in [5.74, 6) is 1.36. The molecule has 1 N–H and O–H groups in total. The van der Waals surface area contributed by atoms with E-state index in [1.807, 2.05) is 11.3 Å². The topological polar surface area (TPSA) is 12.0 Å². The van der Waals surface area contributed by atoms with E-state index in [9.17, 15) is 0 Å². The number of rotatable bonds is 7. The molecule has 1 aliphatic rings. The number of aryl methyl sites for hydroxylation is 1. The van der Waals surface area contributed by atoms with Gasteiger partial charge in [0.25, 0.3) is 0 Å². The highest BCUT2D eigenvalue weighted by Crippen LogP contribution is 2.31. The molecule has 0 spiro atoms. The smallest absolute Gasteiger partial charge is 0.0234 e. The second kappa shape index (κ2) is 7.56. The van der Waals surface area contributed by atoms with Crippen LogP contribution in [-0.4, -0.2) is 23.6 Å². The van der Waals surface area contributed by atoms with Crippen LogP contribution in [0.3, 0.4) is 0 Å². The Morgan fingerprint density at radius 3 is 2.78 bits per heavy atom. The maximum Gasteiger partial charge on any atom is 0.0234 e. The molecule has 2 unspecified atom stereocenters. The second-order valence-corrected chi connectivity index (χ2v) is 7.64. The Morgan fingerprint density at radius 2 is 2.17 bits per heavy atom. The molecular weight excluding hydrogens is 258 g/mol. The highest BCUT2D eigenvalue weighted by Gasteiger charge is 2.25. The number of thiophene rings is 1. The van der Waals surface area contributed by atoms with Crippen LogP contribution in [0.5, 0.6) is 0 Å². The van der Waals surface area contributed by atoms with E-state index in [-0.39, 0.29) is 0 Å². The lowest BCUT2D eigenvalue weighted by Crippen LogP contribution is -2.39. The summed E-state index contributed by atoms with van der Waals surface area (Å²) >= 11 is 4.18. The third kappa shape index (κ3) is 4.01. The first-order valence-corrected chi connectivity index (χ1v) is 9.12. The van der Waals surface area contributed by atoms with E-state index in [0.29, 0.717) is 6.04 Å². The minimum atomic E-state index is 0.681. The van der Waals surface area contributed by atoms with Crippen LogP contribution in [0.4, 0.5) is 0 Å². The van der Waals surface area contributed by atoms with Crippen LogP contribution < -0.4 is 5.32 Å². The Labute approximate surface area is 120 Å². The Morgan fingerprint density at radius 1 is 1.33 bits per heavy atom. The highest BCUT2D eigenvalue weighted by molar-refractivity contribution is 8.00. The van der Waals surface area contributed by atoms with Gasteiger partial charge in [0, 0.05) is 21.0 Å². The van der Waals surface area contributed by atoms with E-state index < -0.39 is 0 Å². The van der Waals surface area contributed by atoms with Crippen LogP contribution in [0.1, 0.15) is 42.9 Å². The summed E-state index contributed by atoms with van der Waals surface area (Å²) in [6.45, 7) is 5.66. The van der Waals surface area contributed by atoms with Gasteiger partial charge in [0.15, 0.2) is 0 Å². The molecule has 2 rings (SSSR count). The predicted molar refractivity (Wildman–Crippen MR) is 85.0 cm³/mol. The number of nitrogens with one attached hydrogen (secondary N) is 1. The summed E-state index contributed by atoms with van der Waals surface area (Å²) in [6, 6.07) is 5.32. The van der Waals surface area contributed by atoms with E-state index in [4.69, 9.17) is 0 Å². The number of hydrogen-bond donors (Lipinski definition) is 1. The fraction of sp³-hybridized carbons (Fsp3) is 0.733. The molecule has 0 amide bonds. The average molecular weight is 284 g/mol. The summed E-state index contributed by atoms with van der Waals surface area (Å²) in [6.07, 6.45) is 6.44. The number of thioether (sulfide) groups is 1. The van der Waals surface area contributed by atoms with Crippen LogP contribution >= 0.6 is 23.1 Å². The lowest BCUT2D eigenvalue weighted by molar-refractivity contribution is 0.484. The Hall–Kier alpha value is 0.01000. The molecule has 1 nitrogen and oxygen atoms in total. The molecule has 0 aliphatic carbocycles. The molecular formula is C15H25NS2. The molecule has 1 aromatic rings. The van der Waals surface area contributed by atoms with Gasteiger partial charge >= 0.3 is 0 Å². The van der Waals surface area contributed by atoms with Crippen LogP contribution in [0.15, 0.2) is 12.1 Å². The van der Waals surface area contributed by atoms with Crippen molar-refractivity contribution in [3.05, 3.63) is 21.9 Å². The van der Waals surface area contributed by atoms with Gasteiger partial charge in [-0.15, -0.1) is 11.3 Å². The molecule has 1 aromatic heterocycles. The van der Waals surface area contributed by atoms with Gasteiger partial charge in [-0.2, -0.15) is 11.8 Å². The summed E-state index contributed by atoms with van der Waals surface area (Å²) in [7, 11) is 0. The van der Waals surface area contributed by atoms with Crippen LogP contribution in [0.2, 0.25) is 0 Å². The highest BCUT2D eigenvalue weighted by atomic mass is 32.2. The lowest BCUT2D eigenvalue weighted by atomic mass is 10.1. The first kappa shape index (κ1) is 14.4. The fourth-order valence-electron chi connectivity index (χ4n) is 2.52. The molecule has 102 valence electrons. The molecule has 1 saturated heterocycles. The van der Waals surface area contributed by atoms with Crippen molar-refractivity contribution >= 4 is 23.1 Å². The largest absolute Gasteiger partial charge is 0.313 e. The standard InChI is InChI=1S/C15H25NS2/c1-3-9-16-14(15-6-5-10-17-15)11-13-8-7-12(4-2)18-13/h7-8,14-16H,3-6,9-11H2,1-2H3. The van der Waals surface area contributed by atoms with E-state index >= 15 is 0 Å². The average Bonchev–Trinajstić information content (AvgIpc) is 3.05. The minimum absolute atomic E-state index is 0.681. The quantitative estimate of drug-likeness (QED) is 0.808. The molecule has 2 atom stereocenters. The van der Waals surface area contributed by atoms with Crippen molar-refractivity contribution in [3.63, 3.8) is 0 Å². The summed E-state index contributed by atoms with van der Waals surface area (Å²) < 4.78 is 0. The van der Waals surface area contributed by atoms with Crippen molar-refractivity contribution in [1.82, 2.24) is 5.32 Å². The van der Waals surface area contributed by atoms with Crippen LogP contribution in [0, 0.1) is 0 Å². The number of hydrogen-bond acceptors (Lipinski definition) is 3. The third-order valence-electron chi connectivity index (χ3n) is 3.56. The monoisotopic (exact) mass is 283 g/mol. The first-order chi connectivity index (χ1) is 8.83. The summed E-state index contributed by atoms with van der Waals surface area (Å²) in [4.78, 5) is 3.09. The van der Waals surface area contributed by atoms with Crippen molar-refractivity contribution in [2.24, 2.45) is 0 Å². The SMILES string of the molecule is CCCNC(Cc1ccc(CC)s1)C1CCCS1. The van der Waals surface area contributed by atoms with E-state index in [0.717, 1.165) is 11.8 Å². The van der Waals surface area contributed by atoms with Crippen molar-refractivity contribution in [1.29, 1.82) is 0 Å². The molecule has 2 heterocycles. The van der Waals surface area contributed by atoms with Gasteiger partial charge in [0.2, 0.25) is 0 Å². The third-order valence-corrected chi connectivity index (χ3v) is 6.33. The summed E-state index contributed by atoms with van der Waals surface area (Å²) in [5, 5.41) is 4.61. The zero-order valence-corrected chi connectivity index (χ0v) is 13.2. The zero-order valence-electron chi connectivity index (χ0n) is 11.6. The summed E-state index contributed by atoms with van der Waals surface area (Å²) in [5.41, 5.74) is 0. The molecule has 18 heavy (non-hydrogen) atoms. The van der Waals surface area contributed by atoms with E-state index in [2.05, 4.69) is 43.1 Å². The van der Waals surface area contributed by atoms with E-state index in [1.54, 1.807) is 4.88 Å². The van der Waals surface area contributed by atoms with Gasteiger partial charge in [-0.05, 0) is 56.5 Å². The van der Waals surface area contributed by atoms with Crippen LogP contribution in [0.25, 0.3) is 0 Å². The molecule has 0 saturated carbocycles. The maximum absolute atomic E-state index is 3.77. The van der Waals surface area contributed by atoms with Crippen molar-refractivity contribution in [2.75, 3.05) is 12.3 Å². The van der Waals surface area contributed by atoms with Crippen molar-refractivity contribution in [2.45, 2.75) is 57.2 Å². The van der Waals surface area contributed by atoms with Gasteiger partial charge in [-0.3, -0.25) is 0 Å². The van der Waals surface area contributed by atoms with Crippen molar-refractivity contribution in [3.8, 4) is 0 Å². The van der Waals surface area contributed by atoms with Gasteiger partial charge in [0.05, 0.1) is 0 Å². The first-order valence-electron chi connectivity index (χ1n) is 7.26. The second-order valence-electron chi connectivity index (χ2n) is 5.04. The molecule has 3 heteroatoms. The van der Waals surface area contributed by atoms with E-state index in [1.165, 1.54) is 42.7 Å².